The largest absolute Gasteiger partial charge is 0.356 e. The zero-order chi connectivity index (χ0) is 12.7. The van der Waals surface area contributed by atoms with E-state index >= 15 is 0 Å². The van der Waals surface area contributed by atoms with E-state index in [1.807, 2.05) is 48.8 Å². The molecule has 0 N–H and O–H groups in total. The minimum absolute atomic E-state index is 0.785. The first-order chi connectivity index (χ1) is 9.43. The molecule has 0 fully saturated rings. The Hall–Kier alpha value is -2.62. The molecule has 2 aliphatic rings. The van der Waals surface area contributed by atoms with Crippen LogP contribution in [0.5, 0.6) is 0 Å². The summed E-state index contributed by atoms with van der Waals surface area (Å²) >= 11 is 0. The minimum Gasteiger partial charge on any atom is -0.356 e. The number of hydrogen-bond donors (Lipinski definition) is 0. The van der Waals surface area contributed by atoms with Gasteiger partial charge < -0.3 is 9.42 Å². The molecule has 1 aromatic heterocycles. The third kappa shape index (κ3) is 1.53. The number of benzene rings is 1. The summed E-state index contributed by atoms with van der Waals surface area (Å²) in [7, 11) is 0. The zero-order valence-corrected chi connectivity index (χ0v) is 10.2. The molecule has 0 aliphatic carbocycles. The number of allylic oxidation sites excluding steroid dienone is 3. The second kappa shape index (κ2) is 3.95. The van der Waals surface area contributed by atoms with E-state index in [4.69, 9.17) is 4.52 Å². The van der Waals surface area contributed by atoms with Crippen molar-refractivity contribution in [2.24, 2.45) is 4.99 Å². The van der Waals surface area contributed by atoms with E-state index in [0.29, 0.717) is 0 Å². The number of aliphatic imine (C=N–C) groups is 1. The standard InChI is InChI=1S/C15H11N3O/c1-2-7-13-11(5-1)14(17-19-13)15-12-6-3-4-9-18(12)10-8-16-15/h1-9H,10H2. The maximum Gasteiger partial charge on any atom is 0.167 e. The van der Waals surface area contributed by atoms with Crippen molar-refractivity contribution in [2.45, 2.75) is 0 Å². The monoisotopic (exact) mass is 249 g/mol. The number of aromatic nitrogens is 1. The molecule has 92 valence electrons. The highest BCUT2D eigenvalue weighted by atomic mass is 16.5. The van der Waals surface area contributed by atoms with E-state index in [9.17, 15) is 0 Å². The molecule has 4 nitrogen and oxygen atoms in total. The number of nitrogens with zero attached hydrogens (tertiary/aromatic N) is 3. The van der Waals surface area contributed by atoms with Crippen molar-refractivity contribution in [3.05, 3.63) is 60.1 Å². The van der Waals surface area contributed by atoms with Crippen molar-refractivity contribution in [1.29, 1.82) is 0 Å². The molecule has 0 spiro atoms. The Bertz CT molecular complexity index is 765. The highest BCUT2D eigenvalue weighted by molar-refractivity contribution is 5.92. The molecule has 0 saturated carbocycles. The lowest BCUT2D eigenvalue weighted by molar-refractivity contribution is 0.452. The molecule has 0 atom stereocenters. The summed E-state index contributed by atoms with van der Waals surface area (Å²) in [4.78, 5) is 6.66. The van der Waals surface area contributed by atoms with Crippen LogP contribution in [0.1, 0.15) is 5.69 Å². The number of para-hydroxylation sites is 1. The van der Waals surface area contributed by atoms with Gasteiger partial charge in [-0.2, -0.15) is 0 Å². The summed E-state index contributed by atoms with van der Waals surface area (Å²) in [6.07, 6.45) is 10.0. The van der Waals surface area contributed by atoms with Gasteiger partial charge in [0.25, 0.3) is 0 Å². The predicted molar refractivity (Wildman–Crippen MR) is 74.4 cm³/mol. The van der Waals surface area contributed by atoms with Crippen LogP contribution in [0.3, 0.4) is 0 Å². The van der Waals surface area contributed by atoms with E-state index in [2.05, 4.69) is 21.1 Å². The Morgan fingerprint density at radius 3 is 3.11 bits per heavy atom. The molecule has 0 amide bonds. The van der Waals surface area contributed by atoms with Gasteiger partial charge in [0.2, 0.25) is 0 Å². The third-order valence-corrected chi connectivity index (χ3v) is 3.28. The fourth-order valence-electron chi connectivity index (χ4n) is 2.38. The minimum atomic E-state index is 0.785. The molecule has 1 aromatic carbocycles. The van der Waals surface area contributed by atoms with Crippen LogP contribution >= 0.6 is 0 Å². The third-order valence-electron chi connectivity index (χ3n) is 3.28. The van der Waals surface area contributed by atoms with Gasteiger partial charge in [0, 0.05) is 12.4 Å². The Labute approximate surface area is 110 Å². The summed E-state index contributed by atoms with van der Waals surface area (Å²) in [5.74, 6) is 0. The molecule has 0 saturated heterocycles. The summed E-state index contributed by atoms with van der Waals surface area (Å²) < 4.78 is 5.36. The van der Waals surface area contributed by atoms with Crippen LogP contribution in [-0.2, 0) is 0 Å². The maximum atomic E-state index is 5.36. The normalized spacial score (nSPS) is 17.4. The quantitative estimate of drug-likeness (QED) is 0.780. The van der Waals surface area contributed by atoms with Gasteiger partial charge in [-0.3, -0.25) is 4.99 Å². The van der Waals surface area contributed by atoms with Crippen LogP contribution in [0, 0.1) is 0 Å². The highest BCUT2D eigenvalue weighted by Gasteiger charge is 2.21. The summed E-state index contributed by atoms with van der Waals surface area (Å²) in [6, 6.07) is 7.84. The van der Waals surface area contributed by atoms with Crippen LogP contribution in [0.15, 0.2) is 63.9 Å². The topological polar surface area (TPSA) is 41.6 Å². The van der Waals surface area contributed by atoms with E-state index < -0.39 is 0 Å². The number of fused-ring (bicyclic) bond motifs is 2. The fourth-order valence-corrected chi connectivity index (χ4v) is 2.38. The Balaban J connectivity index is 1.96. The number of hydrogen-bond acceptors (Lipinski definition) is 4. The first kappa shape index (κ1) is 10.3. The lowest BCUT2D eigenvalue weighted by Gasteiger charge is -2.26. The summed E-state index contributed by atoms with van der Waals surface area (Å²) in [5.41, 5.74) is 3.50. The first-order valence-corrected chi connectivity index (χ1v) is 6.16. The lowest BCUT2D eigenvalue weighted by atomic mass is 10.1. The van der Waals surface area contributed by atoms with Crippen molar-refractivity contribution in [3.63, 3.8) is 0 Å². The molecular weight excluding hydrogens is 238 g/mol. The molecule has 19 heavy (non-hydrogen) atoms. The van der Waals surface area contributed by atoms with Gasteiger partial charge in [-0.05, 0) is 24.3 Å². The predicted octanol–water partition coefficient (Wildman–Crippen LogP) is 2.97. The summed E-state index contributed by atoms with van der Waals surface area (Å²) in [5, 5.41) is 5.17. The SMILES string of the molecule is C1=CC2=C(c3noc4ccccc34)N=CCN2C=C1. The first-order valence-electron chi connectivity index (χ1n) is 6.16. The van der Waals surface area contributed by atoms with Crippen LogP contribution in [0.4, 0.5) is 0 Å². The molecule has 0 radical (unpaired) electrons. The van der Waals surface area contributed by atoms with E-state index in [0.717, 1.165) is 34.6 Å². The zero-order valence-electron chi connectivity index (χ0n) is 10.2. The van der Waals surface area contributed by atoms with E-state index in [-0.39, 0.29) is 0 Å². The summed E-state index contributed by atoms with van der Waals surface area (Å²) in [6.45, 7) is 0.787. The van der Waals surface area contributed by atoms with Crippen molar-refractivity contribution in [1.82, 2.24) is 10.1 Å². The van der Waals surface area contributed by atoms with Crippen molar-refractivity contribution < 1.29 is 4.52 Å². The van der Waals surface area contributed by atoms with Gasteiger partial charge in [0.15, 0.2) is 5.58 Å². The second-order valence-corrected chi connectivity index (χ2v) is 4.43. The maximum absolute atomic E-state index is 5.36. The van der Waals surface area contributed by atoms with E-state index in [1.54, 1.807) is 0 Å². The van der Waals surface area contributed by atoms with E-state index in [1.165, 1.54) is 0 Å². The van der Waals surface area contributed by atoms with Crippen LogP contribution < -0.4 is 0 Å². The van der Waals surface area contributed by atoms with Gasteiger partial charge in [0.05, 0.1) is 17.6 Å². The lowest BCUT2D eigenvalue weighted by Crippen LogP contribution is -2.23. The van der Waals surface area contributed by atoms with Crippen molar-refractivity contribution >= 4 is 22.9 Å². The number of rotatable bonds is 1. The smallest absolute Gasteiger partial charge is 0.167 e. The van der Waals surface area contributed by atoms with Crippen LogP contribution in [0.2, 0.25) is 0 Å². The van der Waals surface area contributed by atoms with Gasteiger partial charge in [-0.1, -0.05) is 23.4 Å². The Kier molecular flexibility index (Phi) is 2.14. The van der Waals surface area contributed by atoms with Crippen molar-refractivity contribution in [2.75, 3.05) is 6.54 Å². The second-order valence-electron chi connectivity index (χ2n) is 4.43. The van der Waals surface area contributed by atoms with Gasteiger partial charge >= 0.3 is 0 Å². The fraction of sp³-hybridized carbons (Fsp3) is 0.0667. The van der Waals surface area contributed by atoms with Crippen molar-refractivity contribution in [3.8, 4) is 0 Å². The highest BCUT2D eigenvalue weighted by Crippen LogP contribution is 2.31. The Morgan fingerprint density at radius 2 is 2.11 bits per heavy atom. The molecule has 0 bridgehead atoms. The average molecular weight is 249 g/mol. The van der Waals surface area contributed by atoms with Gasteiger partial charge in [0.1, 0.15) is 11.4 Å². The molecule has 2 aliphatic heterocycles. The van der Waals surface area contributed by atoms with Crippen LogP contribution in [-0.4, -0.2) is 22.8 Å². The average Bonchev–Trinajstić information content (AvgIpc) is 2.90. The molecule has 4 heteroatoms. The van der Waals surface area contributed by atoms with Gasteiger partial charge in [-0.15, -0.1) is 0 Å². The molecule has 2 aromatic rings. The van der Waals surface area contributed by atoms with Crippen LogP contribution in [0.25, 0.3) is 16.7 Å². The Morgan fingerprint density at radius 1 is 1.16 bits per heavy atom. The van der Waals surface area contributed by atoms with Gasteiger partial charge in [-0.25, -0.2) is 0 Å². The molecule has 4 rings (SSSR count). The molecule has 0 unspecified atom stereocenters. The molecular formula is C15H11N3O. The molecule has 3 heterocycles.